The van der Waals surface area contributed by atoms with Crippen LogP contribution in [0.4, 0.5) is 0 Å². The minimum atomic E-state index is 0.925. The number of aromatic amines is 1. The SMILES string of the molecule is c1ccc(-c2ccc3[nH]c4cc5oc6ccccc6c5cc4c3c2)cc1. The van der Waals surface area contributed by atoms with Crippen molar-refractivity contribution in [3.8, 4) is 11.1 Å². The maximum absolute atomic E-state index is 6.03. The van der Waals surface area contributed by atoms with E-state index in [9.17, 15) is 0 Å². The molecule has 122 valence electrons. The molecule has 0 saturated heterocycles. The van der Waals surface area contributed by atoms with E-state index in [0.717, 1.165) is 27.6 Å². The summed E-state index contributed by atoms with van der Waals surface area (Å²) in [6.45, 7) is 0. The molecule has 26 heavy (non-hydrogen) atoms. The zero-order valence-electron chi connectivity index (χ0n) is 14.0. The summed E-state index contributed by atoms with van der Waals surface area (Å²) < 4.78 is 6.03. The molecule has 4 aromatic carbocycles. The molecule has 0 unspecified atom stereocenters. The van der Waals surface area contributed by atoms with Crippen LogP contribution in [0, 0.1) is 0 Å². The third kappa shape index (κ3) is 1.87. The third-order valence-electron chi connectivity index (χ3n) is 5.20. The van der Waals surface area contributed by atoms with Crippen molar-refractivity contribution >= 4 is 43.7 Å². The summed E-state index contributed by atoms with van der Waals surface area (Å²) in [6.07, 6.45) is 0. The zero-order chi connectivity index (χ0) is 17.1. The fourth-order valence-electron chi connectivity index (χ4n) is 3.93. The minimum absolute atomic E-state index is 0.925. The Kier molecular flexibility index (Phi) is 2.64. The van der Waals surface area contributed by atoms with Crippen LogP contribution < -0.4 is 0 Å². The predicted octanol–water partition coefficient (Wildman–Crippen LogP) is 6.89. The van der Waals surface area contributed by atoms with E-state index < -0.39 is 0 Å². The fraction of sp³-hybridized carbons (Fsp3) is 0. The Balaban J connectivity index is 1.70. The number of rotatable bonds is 1. The van der Waals surface area contributed by atoms with Gasteiger partial charge in [0, 0.05) is 33.1 Å². The molecule has 0 bridgehead atoms. The molecule has 0 spiro atoms. The van der Waals surface area contributed by atoms with Gasteiger partial charge in [0.15, 0.2) is 0 Å². The normalized spacial score (nSPS) is 11.8. The van der Waals surface area contributed by atoms with Crippen LogP contribution in [-0.4, -0.2) is 4.98 Å². The number of benzene rings is 4. The van der Waals surface area contributed by atoms with Crippen LogP contribution in [0.1, 0.15) is 0 Å². The van der Waals surface area contributed by atoms with Crippen LogP contribution in [0.25, 0.3) is 54.9 Å². The molecule has 6 aromatic rings. The fourth-order valence-corrected chi connectivity index (χ4v) is 3.93. The van der Waals surface area contributed by atoms with Crippen molar-refractivity contribution in [1.82, 2.24) is 4.98 Å². The van der Waals surface area contributed by atoms with E-state index in [1.54, 1.807) is 0 Å². The second-order valence-electron chi connectivity index (χ2n) is 6.74. The van der Waals surface area contributed by atoms with Crippen molar-refractivity contribution in [1.29, 1.82) is 0 Å². The zero-order valence-corrected chi connectivity index (χ0v) is 14.0. The molecule has 0 atom stereocenters. The van der Waals surface area contributed by atoms with Gasteiger partial charge in [-0.2, -0.15) is 0 Å². The lowest BCUT2D eigenvalue weighted by Crippen LogP contribution is -1.77. The van der Waals surface area contributed by atoms with E-state index in [0.29, 0.717) is 0 Å². The lowest BCUT2D eigenvalue weighted by atomic mass is 10.0. The number of hydrogen-bond donors (Lipinski definition) is 1. The second kappa shape index (κ2) is 4.99. The molecule has 2 nitrogen and oxygen atoms in total. The van der Waals surface area contributed by atoms with Crippen molar-refractivity contribution in [3.05, 3.63) is 84.9 Å². The Morgan fingerprint density at radius 2 is 1.31 bits per heavy atom. The van der Waals surface area contributed by atoms with Crippen LogP contribution in [0.15, 0.2) is 89.3 Å². The summed E-state index contributed by atoms with van der Waals surface area (Å²) in [7, 11) is 0. The molecule has 6 rings (SSSR count). The first-order valence-corrected chi connectivity index (χ1v) is 8.79. The summed E-state index contributed by atoms with van der Waals surface area (Å²) in [5, 5.41) is 4.81. The number of furan rings is 1. The minimum Gasteiger partial charge on any atom is -0.456 e. The van der Waals surface area contributed by atoms with E-state index in [-0.39, 0.29) is 0 Å². The quantitative estimate of drug-likeness (QED) is 0.349. The van der Waals surface area contributed by atoms with E-state index in [2.05, 4.69) is 77.8 Å². The summed E-state index contributed by atoms with van der Waals surface area (Å²) in [4.78, 5) is 3.53. The molecular formula is C24H15NO. The highest BCUT2D eigenvalue weighted by Crippen LogP contribution is 2.36. The molecule has 0 radical (unpaired) electrons. The van der Waals surface area contributed by atoms with E-state index in [4.69, 9.17) is 4.42 Å². The van der Waals surface area contributed by atoms with Crippen LogP contribution >= 0.6 is 0 Å². The Labute approximate surface area is 149 Å². The van der Waals surface area contributed by atoms with Crippen LogP contribution in [-0.2, 0) is 0 Å². The molecule has 0 saturated carbocycles. The monoisotopic (exact) mass is 333 g/mol. The number of hydrogen-bond acceptors (Lipinski definition) is 1. The van der Waals surface area contributed by atoms with Crippen LogP contribution in [0.2, 0.25) is 0 Å². The lowest BCUT2D eigenvalue weighted by Gasteiger charge is -2.01. The van der Waals surface area contributed by atoms with Crippen molar-refractivity contribution in [3.63, 3.8) is 0 Å². The first kappa shape index (κ1) is 13.7. The molecule has 2 aromatic heterocycles. The van der Waals surface area contributed by atoms with Gasteiger partial charge in [-0.15, -0.1) is 0 Å². The first-order valence-electron chi connectivity index (χ1n) is 8.79. The second-order valence-corrected chi connectivity index (χ2v) is 6.74. The first-order chi connectivity index (χ1) is 12.9. The van der Waals surface area contributed by atoms with Crippen molar-refractivity contribution < 1.29 is 4.42 Å². The maximum Gasteiger partial charge on any atom is 0.137 e. The highest BCUT2D eigenvalue weighted by atomic mass is 16.3. The van der Waals surface area contributed by atoms with Gasteiger partial charge in [0.2, 0.25) is 0 Å². The lowest BCUT2D eigenvalue weighted by molar-refractivity contribution is 0.669. The van der Waals surface area contributed by atoms with Gasteiger partial charge in [0.1, 0.15) is 11.2 Å². The molecule has 2 heteroatoms. The van der Waals surface area contributed by atoms with Crippen LogP contribution in [0.5, 0.6) is 0 Å². The number of H-pyrrole nitrogens is 1. The number of nitrogens with one attached hydrogen (secondary N) is 1. The Bertz CT molecular complexity index is 1420. The van der Waals surface area contributed by atoms with Gasteiger partial charge in [0.05, 0.1) is 5.52 Å². The largest absolute Gasteiger partial charge is 0.456 e. The molecule has 0 amide bonds. The average Bonchev–Trinajstić information content (AvgIpc) is 3.23. The Morgan fingerprint density at radius 1 is 0.500 bits per heavy atom. The summed E-state index contributed by atoms with van der Waals surface area (Å²) in [6, 6.07) is 29.7. The Hall–Kier alpha value is -3.52. The Morgan fingerprint density at radius 3 is 2.23 bits per heavy atom. The van der Waals surface area contributed by atoms with E-state index >= 15 is 0 Å². The molecule has 0 aliphatic rings. The smallest absolute Gasteiger partial charge is 0.137 e. The summed E-state index contributed by atoms with van der Waals surface area (Å²) in [5.41, 5.74) is 6.58. The third-order valence-corrected chi connectivity index (χ3v) is 5.20. The van der Waals surface area contributed by atoms with Gasteiger partial charge in [-0.1, -0.05) is 54.6 Å². The van der Waals surface area contributed by atoms with Gasteiger partial charge in [0.25, 0.3) is 0 Å². The molecule has 0 aliphatic carbocycles. The predicted molar refractivity (Wildman–Crippen MR) is 109 cm³/mol. The maximum atomic E-state index is 6.03. The molecule has 0 fully saturated rings. The highest BCUT2D eigenvalue weighted by Gasteiger charge is 2.12. The van der Waals surface area contributed by atoms with Crippen molar-refractivity contribution in [2.45, 2.75) is 0 Å². The van der Waals surface area contributed by atoms with Gasteiger partial charge < -0.3 is 9.40 Å². The molecule has 2 heterocycles. The van der Waals surface area contributed by atoms with Crippen molar-refractivity contribution in [2.75, 3.05) is 0 Å². The number of fused-ring (bicyclic) bond motifs is 6. The van der Waals surface area contributed by atoms with Gasteiger partial charge >= 0.3 is 0 Å². The number of aromatic nitrogens is 1. The van der Waals surface area contributed by atoms with Gasteiger partial charge in [-0.05, 0) is 35.4 Å². The van der Waals surface area contributed by atoms with Crippen molar-refractivity contribution in [2.24, 2.45) is 0 Å². The van der Waals surface area contributed by atoms with Gasteiger partial charge in [-0.25, -0.2) is 0 Å². The summed E-state index contributed by atoms with van der Waals surface area (Å²) in [5.74, 6) is 0. The number of para-hydroxylation sites is 1. The molecule has 0 aliphatic heterocycles. The summed E-state index contributed by atoms with van der Waals surface area (Å²) >= 11 is 0. The van der Waals surface area contributed by atoms with Crippen LogP contribution in [0.3, 0.4) is 0 Å². The molecule has 1 N–H and O–H groups in total. The highest BCUT2D eigenvalue weighted by molar-refractivity contribution is 6.16. The topological polar surface area (TPSA) is 28.9 Å². The van der Waals surface area contributed by atoms with E-state index in [1.165, 1.54) is 27.3 Å². The molecular weight excluding hydrogens is 318 g/mol. The average molecular weight is 333 g/mol. The standard InChI is InChI=1S/C24H15NO/c1-2-6-15(7-3-1)16-10-11-21-18(12-16)19-13-20-17-8-4-5-9-23(17)26-24(20)14-22(19)25-21/h1-14,25H. The van der Waals surface area contributed by atoms with Gasteiger partial charge in [-0.3, -0.25) is 0 Å². The van der Waals surface area contributed by atoms with E-state index in [1.807, 2.05) is 12.1 Å².